The zero-order valence-electron chi connectivity index (χ0n) is 7.65. The van der Waals surface area contributed by atoms with Gasteiger partial charge >= 0.3 is 0 Å². The van der Waals surface area contributed by atoms with Crippen LogP contribution in [-0.2, 0) is 11.3 Å². The lowest BCUT2D eigenvalue weighted by Crippen LogP contribution is -2.35. The molecule has 1 fully saturated rings. The first kappa shape index (κ1) is 8.66. The molecular weight excluding hydrogens is 164 g/mol. The first-order valence-electron chi connectivity index (χ1n) is 4.65. The topological polar surface area (TPSA) is 25.4 Å². The lowest BCUT2D eigenvalue weighted by molar-refractivity contribution is 0.0336. The zero-order valence-corrected chi connectivity index (χ0v) is 7.65. The van der Waals surface area contributed by atoms with Crippen molar-refractivity contribution in [3.63, 3.8) is 0 Å². The van der Waals surface area contributed by atoms with E-state index in [4.69, 9.17) is 4.74 Å². The van der Waals surface area contributed by atoms with E-state index < -0.39 is 0 Å². The molecule has 2 rings (SSSR count). The maximum absolute atomic E-state index is 5.28. The second-order valence-electron chi connectivity index (χ2n) is 3.21. The van der Waals surface area contributed by atoms with E-state index in [0.717, 1.165) is 38.5 Å². The molecule has 3 heteroatoms. The average molecular weight is 178 g/mol. The van der Waals surface area contributed by atoms with Crippen molar-refractivity contribution < 1.29 is 4.74 Å². The molecule has 2 heterocycles. The van der Waals surface area contributed by atoms with E-state index in [0.29, 0.717) is 0 Å². The Balaban J connectivity index is 1.90. The molecule has 0 radical (unpaired) electrons. The van der Waals surface area contributed by atoms with Gasteiger partial charge in [0.05, 0.1) is 18.9 Å². The highest BCUT2D eigenvalue weighted by Gasteiger charge is 2.10. The third kappa shape index (κ3) is 2.50. The number of aromatic nitrogens is 1. The maximum Gasteiger partial charge on any atom is 0.0594 e. The van der Waals surface area contributed by atoms with Gasteiger partial charge in [0.25, 0.3) is 0 Å². The molecule has 1 aliphatic heterocycles. The molecule has 0 unspecified atom stereocenters. The van der Waals surface area contributed by atoms with Crippen LogP contribution in [0.3, 0.4) is 0 Å². The largest absolute Gasteiger partial charge is 0.379 e. The minimum Gasteiger partial charge on any atom is -0.379 e. The summed E-state index contributed by atoms with van der Waals surface area (Å²) in [6.07, 6.45) is 1.84. The van der Waals surface area contributed by atoms with Gasteiger partial charge in [0.15, 0.2) is 0 Å². The van der Waals surface area contributed by atoms with Crippen LogP contribution < -0.4 is 0 Å². The Labute approximate surface area is 78.3 Å². The minimum atomic E-state index is 0.854. The van der Waals surface area contributed by atoms with Crippen LogP contribution in [0.15, 0.2) is 24.4 Å². The Kier molecular flexibility index (Phi) is 2.90. The van der Waals surface area contributed by atoms with Gasteiger partial charge in [-0.15, -0.1) is 0 Å². The van der Waals surface area contributed by atoms with Crippen molar-refractivity contribution in [2.45, 2.75) is 6.54 Å². The van der Waals surface area contributed by atoms with Gasteiger partial charge in [-0.1, -0.05) is 6.07 Å². The fourth-order valence-electron chi connectivity index (χ4n) is 1.48. The second kappa shape index (κ2) is 4.35. The van der Waals surface area contributed by atoms with Gasteiger partial charge in [0.2, 0.25) is 0 Å². The predicted octanol–water partition coefficient (Wildman–Crippen LogP) is 0.914. The predicted molar refractivity (Wildman–Crippen MR) is 50.3 cm³/mol. The molecule has 0 amide bonds. The summed E-state index contributed by atoms with van der Waals surface area (Å²) in [6.45, 7) is 4.71. The van der Waals surface area contributed by atoms with Crippen LogP contribution in [-0.4, -0.2) is 36.2 Å². The van der Waals surface area contributed by atoms with Gasteiger partial charge in [0.1, 0.15) is 0 Å². The van der Waals surface area contributed by atoms with E-state index in [-0.39, 0.29) is 0 Å². The van der Waals surface area contributed by atoms with Crippen molar-refractivity contribution in [1.82, 2.24) is 9.88 Å². The molecule has 0 bridgehead atoms. The van der Waals surface area contributed by atoms with Crippen LogP contribution in [0.2, 0.25) is 0 Å². The molecular formula is C10H14N2O. The van der Waals surface area contributed by atoms with E-state index in [1.165, 1.54) is 0 Å². The molecule has 0 N–H and O–H groups in total. The normalized spacial score (nSPS) is 18.8. The summed E-state index contributed by atoms with van der Waals surface area (Å²) in [5, 5.41) is 0. The average Bonchev–Trinajstić information content (AvgIpc) is 2.21. The Morgan fingerprint density at radius 1 is 1.31 bits per heavy atom. The quantitative estimate of drug-likeness (QED) is 0.673. The number of pyridine rings is 1. The number of rotatable bonds is 2. The number of hydrogen-bond donors (Lipinski definition) is 0. The van der Waals surface area contributed by atoms with Crippen molar-refractivity contribution >= 4 is 0 Å². The Morgan fingerprint density at radius 3 is 2.85 bits per heavy atom. The molecule has 1 aromatic rings. The lowest BCUT2D eigenvalue weighted by Gasteiger charge is -2.25. The molecule has 0 atom stereocenters. The van der Waals surface area contributed by atoms with Crippen LogP contribution in [0, 0.1) is 0 Å². The van der Waals surface area contributed by atoms with Crippen LogP contribution in [0.1, 0.15) is 5.69 Å². The summed E-state index contributed by atoms with van der Waals surface area (Å²) in [4.78, 5) is 6.66. The molecule has 0 saturated carbocycles. The van der Waals surface area contributed by atoms with Crippen molar-refractivity contribution in [3.05, 3.63) is 30.1 Å². The number of hydrogen-bond acceptors (Lipinski definition) is 3. The molecule has 13 heavy (non-hydrogen) atoms. The second-order valence-corrected chi connectivity index (χ2v) is 3.21. The monoisotopic (exact) mass is 178 g/mol. The van der Waals surface area contributed by atoms with Gasteiger partial charge in [-0.3, -0.25) is 9.88 Å². The first-order chi connectivity index (χ1) is 6.45. The lowest BCUT2D eigenvalue weighted by atomic mass is 10.3. The van der Waals surface area contributed by atoms with Crippen LogP contribution in [0.5, 0.6) is 0 Å². The first-order valence-corrected chi connectivity index (χ1v) is 4.65. The summed E-state index contributed by atoms with van der Waals surface area (Å²) in [5.74, 6) is 0. The maximum atomic E-state index is 5.28. The summed E-state index contributed by atoms with van der Waals surface area (Å²) in [6, 6.07) is 6.04. The third-order valence-electron chi connectivity index (χ3n) is 2.22. The summed E-state index contributed by atoms with van der Waals surface area (Å²) < 4.78 is 5.28. The standard InChI is InChI=1S/C10H14N2O/c1-2-4-11-10(3-1)9-12-5-7-13-8-6-12/h1-4H,5-9H2. The fourth-order valence-corrected chi connectivity index (χ4v) is 1.48. The molecule has 3 nitrogen and oxygen atoms in total. The number of nitrogens with zero attached hydrogens (tertiary/aromatic N) is 2. The smallest absolute Gasteiger partial charge is 0.0594 e. The zero-order chi connectivity index (χ0) is 8.93. The van der Waals surface area contributed by atoms with Crippen LogP contribution >= 0.6 is 0 Å². The summed E-state index contributed by atoms with van der Waals surface area (Å²) in [7, 11) is 0. The van der Waals surface area contributed by atoms with E-state index in [2.05, 4.69) is 16.0 Å². The summed E-state index contributed by atoms with van der Waals surface area (Å²) >= 11 is 0. The highest BCUT2D eigenvalue weighted by atomic mass is 16.5. The van der Waals surface area contributed by atoms with E-state index in [1.807, 2.05) is 18.3 Å². The van der Waals surface area contributed by atoms with Crippen LogP contribution in [0.4, 0.5) is 0 Å². The minimum absolute atomic E-state index is 0.854. The molecule has 0 aromatic carbocycles. The SMILES string of the molecule is c1ccc(CN2CCOCC2)nc1. The molecule has 0 aliphatic carbocycles. The highest BCUT2D eigenvalue weighted by molar-refractivity contribution is 5.03. The molecule has 1 aliphatic rings. The van der Waals surface area contributed by atoms with E-state index in [9.17, 15) is 0 Å². The van der Waals surface area contributed by atoms with Gasteiger partial charge in [0, 0.05) is 25.8 Å². The van der Waals surface area contributed by atoms with Crippen molar-refractivity contribution in [2.75, 3.05) is 26.3 Å². The van der Waals surface area contributed by atoms with E-state index >= 15 is 0 Å². The molecule has 0 spiro atoms. The highest BCUT2D eigenvalue weighted by Crippen LogP contribution is 2.03. The van der Waals surface area contributed by atoms with Gasteiger partial charge in [-0.2, -0.15) is 0 Å². The van der Waals surface area contributed by atoms with Gasteiger partial charge in [-0.05, 0) is 12.1 Å². The van der Waals surface area contributed by atoms with Crippen molar-refractivity contribution in [3.8, 4) is 0 Å². The Hall–Kier alpha value is -0.930. The molecule has 1 aromatic heterocycles. The number of ether oxygens (including phenoxy) is 1. The van der Waals surface area contributed by atoms with E-state index in [1.54, 1.807) is 0 Å². The molecule has 70 valence electrons. The Morgan fingerprint density at radius 2 is 2.15 bits per heavy atom. The van der Waals surface area contributed by atoms with Gasteiger partial charge < -0.3 is 4.74 Å². The third-order valence-corrected chi connectivity index (χ3v) is 2.22. The van der Waals surface area contributed by atoms with Crippen molar-refractivity contribution in [2.24, 2.45) is 0 Å². The number of morpholine rings is 1. The molecule has 1 saturated heterocycles. The van der Waals surface area contributed by atoms with Crippen LogP contribution in [0.25, 0.3) is 0 Å². The van der Waals surface area contributed by atoms with Gasteiger partial charge in [-0.25, -0.2) is 0 Å². The summed E-state index contributed by atoms with van der Waals surface area (Å²) in [5.41, 5.74) is 1.14. The fraction of sp³-hybridized carbons (Fsp3) is 0.500. The Bertz CT molecular complexity index is 244. The van der Waals surface area contributed by atoms with Crippen molar-refractivity contribution in [1.29, 1.82) is 0 Å².